The molecule has 0 aromatic heterocycles. The first-order chi connectivity index (χ1) is 5.46. The first kappa shape index (κ1) is 11.7. The Morgan fingerprint density at radius 3 is 2.25 bits per heavy atom. The predicted octanol–water partition coefficient (Wildman–Crippen LogP) is 3.00. The summed E-state index contributed by atoms with van der Waals surface area (Å²) in [6.07, 6.45) is 3.43. The zero-order valence-electron chi connectivity index (χ0n) is 8.80. The Morgan fingerprint density at radius 2 is 2.00 bits per heavy atom. The second-order valence-electron chi connectivity index (χ2n) is 4.21. The molecular formula is C11H22O. The van der Waals surface area contributed by atoms with Gasteiger partial charge in [-0.1, -0.05) is 33.8 Å². The van der Waals surface area contributed by atoms with Gasteiger partial charge in [-0.25, -0.2) is 0 Å². The van der Waals surface area contributed by atoms with Gasteiger partial charge < -0.3 is 5.11 Å². The number of aliphatic hydroxyl groups excluding tert-OH is 1. The molecule has 72 valence electrons. The van der Waals surface area contributed by atoms with Gasteiger partial charge >= 0.3 is 0 Å². The van der Waals surface area contributed by atoms with Crippen molar-refractivity contribution in [1.29, 1.82) is 0 Å². The molecule has 0 aromatic carbocycles. The third-order valence-corrected chi connectivity index (χ3v) is 2.68. The molecule has 0 heterocycles. The minimum Gasteiger partial charge on any atom is -0.392 e. The van der Waals surface area contributed by atoms with Crippen molar-refractivity contribution in [2.45, 2.75) is 46.6 Å². The maximum Gasteiger partial charge on any atom is 0.0630 e. The van der Waals surface area contributed by atoms with Gasteiger partial charge in [0, 0.05) is 5.41 Å². The summed E-state index contributed by atoms with van der Waals surface area (Å²) in [5.74, 6) is 0.547. The largest absolute Gasteiger partial charge is 0.392 e. The summed E-state index contributed by atoms with van der Waals surface area (Å²) >= 11 is 0. The van der Waals surface area contributed by atoms with Gasteiger partial charge in [-0.15, -0.1) is 6.58 Å². The van der Waals surface area contributed by atoms with E-state index < -0.39 is 0 Å². The maximum absolute atomic E-state index is 9.87. The second-order valence-corrected chi connectivity index (χ2v) is 4.21. The Bertz CT molecular complexity index is 140. The average Bonchev–Trinajstić information content (AvgIpc) is 2.02. The maximum atomic E-state index is 9.87. The van der Waals surface area contributed by atoms with E-state index in [1.54, 1.807) is 0 Å². The molecule has 0 saturated heterocycles. The third kappa shape index (κ3) is 2.98. The topological polar surface area (TPSA) is 20.2 Å². The van der Waals surface area contributed by atoms with Crippen molar-refractivity contribution in [2.75, 3.05) is 0 Å². The van der Waals surface area contributed by atoms with Crippen LogP contribution < -0.4 is 0 Å². The predicted molar refractivity (Wildman–Crippen MR) is 54.1 cm³/mol. The van der Waals surface area contributed by atoms with Gasteiger partial charge in [0.2, 0.25) is 0 Å². The van der Waals surface area contributed by atoms with Gasteiger partial charge in [0.1, 0.15) is 0 Å². The Kier molecular flexibility index (Phi) is 4.54. The fourth-order valence-electron chi connectivity index (χ4n) is 1.23. The summed E-state index contributed by atoms with van der Waals surface area (Å²) in [7, 11) is 0. The molecule has 0 rings (SSSR count). The van der Waals surface area contributed by atoms with Gasteiger partial charge in [0.25, 0.3) is 0 Å². The third-order valence-electron chi connectivity index (χ3n) is 2.68. The zero-order chi connectivity index (χ0) is 9.78. The van der Waals surface area contributed by atoms with E-state index in [-0.39, 0.29) is 11.5 Å². The SMILES string of the molecule is C=C[C@@](C)(CC)[C@@H](O)CC(C)C. The minimum absolute atomic E-state index is 0.107. The molecule has 2 atom stereocenters. The molecule has 0 aliphatic rings. The van der Waals surface area contributed by atoms with Crippen LogP contribution in [0.15, 0.2) is 12.7 Å². The highest BCUT2D eigenvalue weighted by molar-refractivity contribution is 4.95. The highest BCUT2D eigenvalue weighted by Crippen LogP contribution is 2.30. The summed E-state index contributed by atoms with van der Waals surface area (Å²) in [6, 6.07) is 0. The molecule has 0 aliphatic heterocycles. The Morgan fingerprint density at radius 1 is 1.50 bits per heavy atom. The summed E-state index contributed by atoms with van der Waals surface area (Å²) in [6.45, 7) is 12.2. The quantitative estimate of drug-likeness (QED) is 0.629. The molecule has 1 N–H and O–H groups in total. The van der Waals surface area contributed by atoms with Crippen molar-refractivity contribution < 1.29 is 5.11 Å². The van der Waals surface area contributed by atoms with E-state index in [0.717, 1.165) is 12.8 Å². The van der Waals surface area contributed by atoms with Crippen LogP contribution in [0.4, 0.5) is 0 Å². The number of aliphatic hydroxyl groups is 1. The number of hydrogen-bond acceptors (Lipinski definition) is 1. The smallest absolute Gasteiger partial charge is 0.0630 e. The lowest BCUT2D eigenvalue weighted by Gasteiger charge is -2.31. The van der Waals surface area contributed by atoms with E-state index in [1.807, 2.05) is 6.08 Å². The average molecular weight is 170 g/mol. The molecule has 0 spiro atoms. The van der Waals surface area contributed by atoms with E-state index in [1.165, 1.54) is 0 Å². The van der Waals surface area contributed by atoms with Gasteiger partial charge in [0.05, 0.1) is 6.10 Å². The summed E-state index contributed by atoms with van der Waals surface area (Å²) in [5, 5.41) is 9.87. The van der Waals surface area contributed by atoms with E-state index in [2.05, 4.69) is 34.3 Å². The van der Waals surface area contributed by atoms with Crippen LogP contribution in [0.5, 0.6) is 0 Å². The lowest BCUT2D eigenvalue weighted by Crippen LogP contribution is -2.30. The van der Waals surface area contributed by atoms with Crippen LogP contribution in [0.25, 0.3) is 0 Å². The second kappa shape index (κ2) is 4.66. The Balaban J connectivity index is 4.21. The van der Waals surface area contributed by atoms with Crippen molar-refractivity contribution in [3.05, 3.63) is 12.7 Å². The lowest BCUT2D eigenvalue weighted by atomic mass is 9.78. The molecule has 0 bridgehead atoms. The highest BCUT2D eigenvalue weighted by atomic mass is 16.3. The van der Waals surface area contributed by atoms with Crippen LogP contribution in [0.1, 0.15) is 40.5 Å². The fraction of sp³-hybridized carbons (Fsp3) is 0.818. The molecule has 0 radical (unpaired) electrons. The molecule has 0 fully saturated rings. The van der Waals surface area contributed by atoms with Crippen LogP contribution in [-0.2, 0) is 0 Å². The highest BCUT2D eigenvalue weighted by Gasteiger charge is 2.27. The summed E-state index contributed by atoms with van der Waals surface area (Å²) in [5.41, 5.74) is -0.107. The molecule has 0 amide bonds. The van der Waals surface area contributed by atoms with Crippen molar-refractivity contribution in [2.24, 2.45) is 11.3 Å². The van der Waals surface area contributed by atoms with E-state index in [9.17, 15) is 5.11 Å². The molecular weight excluding hydrogens is 148 g/mol. The molecule has 12 heavy (non-hydrogen) atoms. The summed E-state index contributed by atoms with van der Waals surface area (Å²) < 4.78 is 0. The van der Waals surface area contributed by atoms with E-state index >= 15 is 0 Å². The number of rotatable bonds is 5. The van der Waals surface area contributed by atoms with Crippen LogP contribution in [-0.4, -0.2) is 11.2 Å². The Hall–Kier alpha value is -0.300. The van der Waals surface area contributed by atoms with Crippen molar-refractivity contribution in [1.82, 2.24) is 0 Å². The van der Waals surface area contributed by atoms with Crippen molar-refractivity contribution in [3.8, 4) is 0 Å². The lowest BCUT2D eigenvalue weighted by molar-refractivity contribution is 0.0496. The minimum atomic E-state index is -0.250. The van der Waals surface area contributed by atoms with Crippen LogP contribution in [0, 0.1) is 11.3 Å². The fourth-order valence-corrected chi connectivity index (χ4v) is 1.23. The van der Waals surface area contributed by atoms with E-state index in [0.29, 0.717) is 5.92 Å². The first-order valence-corrected chi connectivity index (χ1v) is 4.78. The van der Waals surface area contributed by atoms with Crippen molar-refractivity contribution in [3.63, 3.8) is 0 Å². The molecule has 1 heteroatoms. The van der Waals surface area contributed by atoms with Gasteiger partial charge in [-0.3, -0.25) is 0 Å². The van der Waals surface area contributed by atoms with E-state index in [4.69, 9.17) is 0 Å². The monoisotopic (exact) mass is 170 g/mol. The zero-order valence-corrected chi connectivity index (χ0v) is 8.80. The van der Waals surface area contributed by atoms with Gasteiger partial charge in [-0.2, -0.15) is 0 Å². The standard InChI is InChI=1S/C11H22O/c1-6-11(5,7-2)10(12)8-9(3)4/h6,9-10,12H,1,7-8H2,2-5H3/t10-,11-/m0/s1. The van der Waals surface area contributed by atoms with Crippen LogP contribution in [0.3, 0.4) is 0 Å². The molecule has 0 aliphatic carbocycles. The van der Waals surface area contributed by atoms with Gasteiger partial charge in [-0.05, 0) is 18.8 Å². The normalized spacial score (nSPS) is 18.8. The summed E-state index contributed by atoms with van der Waals surface area (Å²) in [4.78, 5) is 0. The van der Waals surface area contributed by atoms with Crippen molar-refractivity contribution >= 4 is 0 Å². The number of hydrogen-bond donors (Lipinski definition) is 1. The van der Waals surface area contributed by atoms with Gasteiger partial charge in [0.15, 0.2) is 0 Å². The molecule has 1 nitrogen and oxygen atoms in total. The molecule has 0 unspecified atom stereocenters. The first-order valence-electron chi connectivity index (χ1n) is 4.78. The van der Waals surface area contributed by atoms with Crippen LogP contribution in [0.2, 0.25) is 0 Å². The molecule has 0 saturated carbocycles. The van der Waals surface area contributed by atoms with Crippen LogP contribution >= 0.6 is 0 Å². The molecule has 0 aromatic rings. The Labute approximate surface area is 76.5 Å².